The van der Waals surface area contributed by atoms with Gasteiger partial charge < -0.3 is 5.32 Å². The van der Waals surface area contributed by atoms with Crippen molar-refractivity contribution in [3.63, 3.8) is 0 Å². The van der Waals surface area contributed by atoms with E-state index < -0.39 is 32.0 Å². The van der Waals surface area contributed by atoms with Crippen LogP contribution in [0.3, 0.4) is 0 Å². The van der Waals surface area contributed by atoms with Gasteiger partial charge in [0.1, 0.15) is 6.04 Å². The standard InChI is InChI=1S/C28H33N3O5S2/c1-22-10-14-25(15-11-22)37(33,34)30-27(20-23-8-4-2-5-9-23)28(32)29-21-24-12-16-26(17-13-24)38(35,36)31-18-6-3-7-19-31/h2,4-5,8-17,27,30H,3,6-7,18-21H2,1H3,(H,29,32). The van der Waals surface area contributed by atoms with Gasteiger partial charge in [-0.25, -0.2) is 16.8 Å². The number of sulfonamides is 2. The Hall–Kier alpha value is -3.05. The third-order valence-electron chi connectivity index (χ3n) is 6.57. The fourth-order valence-corrected chi connectivity index (χ4v) is 7.07. The maximum atomic E-state index is 13.2. The quantitative estimate of drug-likeness (QED) is 0.398. The zero-order chi connectivity index (χ0) is 27.2. The number of carbonyl (C=O) groups is 1. The monoisotopic (exact) mass is 555 g/mol. The summed E-state index contributed by atoms with van der Waals surface area (Å²) in [5.74, 6) is -0.477. The Balaban J connectivity index is 1.45. The fourth-order valence-electron chi connectivity index (χ4n) is 4.36. The SMILES string of the molecule is Cc1ccc(S(=O)(=O)NC(Cc2ccccc2)C(=O)NCc2ccc(S(=O)(=O)N3CCCCC3)cc2)cc1. The number of hydrogen-bond donors (Lipinski definition) is 2. The predicted molar refractivity (Wildman–Crippen MR) is 146 cm³/mol. The van der Waals surface area contributed by atoms with Crippen LogP contribution in [0.4, 0.5) is 0 Å². The molecule has 0 aliphatic carbocycles. The molecule has 1 saturated heterocycles. The molecule has 0 spiro atoms. The van der Waals surface area contributed by atoms with Crippen molar-refractivity contribution in [2.45, 2.75) is 55.0 Å². The molecule has 1 unspecified atom stereocenters. The van der Waals surface area contributed by atoms with Gasteiger partial charge in [-0.15, -0.1) is 0 Å². The summed E-state index contributed by atoms with van der Waals surface area (Å²) >= 11 is 0. The molecule has 2 N–H and O–H groups in total. The van der Waals surface area contributed by atoms with E-state index in [9.17, 15) is 21.6 Å². The van der Waals surface area contributed by atoms with Crippen molar-refractivity contribution in [1.82, 2.24) is 14.3 Å². The third kappa shape index (κ3) is 7.08. The molecule has 1 amide bonds. The van der Waals surface area contributed by atoms with Crippen LogP contribution in [0.1, 0.15) is 36.0 Å². The molecule has 1 fully saturated rings. The first-order valence-corrected chi connectivity index (χ1v) is 15.6. The van der Waals surface area contributed by atoms with E-state index in [-0.39, 0.29) is 22.8 Å². The van der Waals surface area contributed by atoms with E-state index >= 15 is 0 Å². The zero-order valence-electron chi connectivity index (χ0n) is 21.3. The van der Waals surface area contributed by atoms with Crippen molar-refractivity contribution in [3.05, 3.63) is 95.6 Å². The molecule has 1 atom stereocenters. The molecule has 8 nitrogen and oxygen atoms in total. The van der Waals surface area contributed by atoms with Crippen LogP contribution in [-0.4, -0.2) is 46.2 Å². The number of aryl methyl sites for hydroxylation is 1. The van der Waals surface area contributed by atoms with Gasteiger partial charge in [-0.2, -0.15) is 9.03 Å². The van der Waals surface area contributed by atoms with E-state index in [1.54, 1.807) is 36.4 Å². The summed E-state index contributed by atoms with van der Waals surface area (Å²) in [5, 5.41) is 2.80. The van der Waals surface area contributed by atoms with Crippen LogP contribution in [0.5, 0.6) is 0 Å². The van der Waals surface area contributed by atoms with Gasteiger partial charge in [0, 0.05) is 19.6 Å². The van der Waals surface area contributed by atoms with Crippen molar-refractivity contribution >= 4 is 26.0 Å². The Morgan fingerprint density at radius 2 is 1.39 bits per heavy atom. The van der Waals surface area contributed by atoms with Crippen molar-refractivity contribution < 1.29 is 21.6 Å². The topological polar surface area (TPSA) is 113 Å². The molecular weight excluding hydrogens is 522 g/mol. The number of piperidine rings is 1. The predicted octanol–water partition coefficient (Wildman–Crippen LogP) is 3.38. The summed E-state index contributed by atoms with van der Waals surface area (Å²) in [5.41, 5.74) is 2.44. The van der Waals surface area contributed by atoms with Crippen LogP contribution >= 0.6 is 0 Å². The van der Waals surface area contributed by atoms with E-state index in [0.717, 1.165) is 30.4 Å². The molecular formula is C28H33N3O5S2. The van der Waals surface area contributed by atoms with Gasteiger partial charge in [0.15, 0.2) is 0 Å². The maximum Gasteiger partial charge on any atom is 0.243 e. The number of amides is 1. The molecule has 3 aromatic carbocycles. The molecule has 0 radical (unpaired) electrons. The van der Waals surface area contributed by atoms with Crippen molar-refractivity contribution in [2.24, 2.45) is 0 Å². The molecule has 0 aromatic heterocycles. The number of nitrogens with one attached hydrogen (secondary N) is 2. The van der Waals surface area contributed by atoms with Gasteiger partial charge in [-0.3, -0.25) is 4.79 Å². The van der Waals surface area contributed by atoms with Crippen LogP contribution in [0.15, 0.2) is 88.7 Å². The lowest BCUT2D eigenvalue weighted by Gasteiger charge is -2.25. The van der Waals surface area contributed by atoms with Gasteiger partial charge in [-0.05, 0) is 61.6 Å². The summed E-state index contributed by atoms with van der Waals surface area (Å²) in [6.45, 7) is 3.05. The molecule has 1 aliphatic rings. The molecule has 1 heterocycles. The Labute approximate surface area is 225 Å². The Bertz CT molecular complexity index is 1430. The molecule has 0 saturated carbocycles. The second kappa shape index (κ2) is 12.2. The average Bonchev–Trinajstić information content (AvgIpc) is 2.93. The smallest absolute Gasteiger partial charge is 0.243 e. The highest BCUT2D eigenvalue weighted by Gasteiger charge is 2.27. The molecule has 38 heavy (non-hydrogen) atoms. The molecule has 10 heteroatoms. The number of carbonyl (C=O) groups excluding carboxylic acids is 1. The van der Waals surface area contributed by atoms with Crippen LogP contribution < -0.4 is 10.0 Å². The van der Waals surface area contributed by atoms with Crippen LogP contribution in [0, 0.1) is 6.92 Å². The molecule has 1 aliphatic heterocycles. The first-order valence-electron chi connectivity index (χ1n) is 12.6. The summed E-state index contributed by atoms with van der Waals surface area (Å²) in [7, 11) is -7.48. The van der Waals surface area contributed by atoms with Crippen molar-refractivity contribution in [2.75, 3.05) is 13.1 Å². The average molecular weight is 556 g/mol. The highest BCUT2D eigenvalue weighted by atomic mass is 32.2. The van der Waals surface area contributed by atoms with Gasteiger partial charge in [0.2, 0.25) is 26.0 Å². The zero-order valence-corrected chi connectivity index (χ0v) is 23.0. The molecule has 0 bridgehead atoms. The normalized spacial score (nSPS) is 15.6. The fraction of sp³-hybridized carbons (Fsp3) is 0.321. The van der Waals surface area contributed by atoms with E-state index in [1.165, 1.54) is 16.4 Å². The van der Waals surface area contributed by atoms with Crippen molar-refractivity contribution in [3.8, 4) is 0 Å². The second-order valence-electron chi connectivity index (χ2n) is 9.50. The maximum absolute atomic E-state index is 13.2. The van der Waals surface area contributed by atoms with Crippen LogP contribution in [-0.2, 0) is 37.8 Å². The minimum absolute atomic E-state index is 0.0828. The molecule has 4 rings (SSSR count). The van der Waals surface area contributed by atoms with Gasteiger partial charge >= 0.3 is 0 Å². The lowest BCUT2D eigenvalue weighted by atomic mass is 10.1. The van der Waals surface area contributed by atoms with Crippen molar-refractivity contribution in [1.29, 1.82) is 0 Å². The highest BCUT2D eigenvalue weighted by molar-refractivity contribution is 7.89. The number of hydrogen-bond acceptors (Lipinski definition) is 5. The molecule has 3 aromatic rings. The lowest BCUT2D eigenvalue weighted by molar-refractivity contribution is -0.122. The van der Waals surface area contributed by atoms with Crippen LogP contribution in [0.2, 0.25) is 0 Å². The molecule has 202 valence electrons. The number of benzene rings is 3. The summed E-state index contributed by atoms with van der Waals surface area (Å²) in [6, 6.07) is 21.0. The minimum Gasteiger partial charge on any atom is -0.351 e. The van der Waals surface area contributed by atoms with Crippen LogP contribution in [0.25, 0.3) is 0 Å². The summed E-state index contributed by atoms with van der Waals surface area (Å²) in [6.07, 6.45) is 2.93. The van der Waals surface area contributed by atoms with E-state index in [4.69, 9.17) is 0 Å². The lowest BCUT2D eigenvalue weighted by Crippen LogP contribution is -2.47. The number of rotatable bonds is 10. The van der Waals surface area contributed by atoms with E-state index in [0.29, 0.717) is 18.7 Å². The highest BCUT2D eigenvalue weighted by Crippen LogP contribution is 2.21. The largest absolute Gasteiger partial charge is 0.351 e. The van der Waals surface area contributed by atoms with Gasteiger partial charge in [-0.1, -0.05) is 66.6 Å². The Morgan fingerprint density at radius 1 is 0.789 bits per heavy atom. The second-order valence-corrected chi connectivity index (χ2v) is 13.2. The number of nitrogens with zero attached hydrogens (tertiary/aromatic N) is 1. The first kappa shape index (κ1) is 28.0. The third-order valence-corrected chi connectivity index (χ3v) is 9.97. The first-order chi connectivity index (χ1) is 18.1. The summed E-state index contributed by atoms with van der Waals surface area (Å²) < 4.78 is 55.9. The van der Waals surface area contributed by atoms with Gasteiger partial charge in [0.05, 0.1) is 9.79 Å². The van der Waals surface area contributed by atoms with E-state index in [1.807, 2.05) is 37.3 Å². The summed E-state index contributed by atoms with van der Waals surface area (Å²) in [4.78, 5) is 13.5. The minimum atomic E-state index is -3.94. The Kier molecular flexibility index (Phi) is 8.99. The Morgan fingerprint density at radius 3 is 2.03 bits per heavy atom. The van der Waals surface area contributed by atoms with E-state index in [2.05, 4.69) is 10.0 Å². The van der Waals surface area contributed by atoms with Gasteiger partial charge in [0.25, 0.3) is 0 Å².